The lowest BCUT2D eigenvalue weighted by Gasteiger charge is -2.19. The van der Waals surface area contributed by atoms with Crippen LogP contribution in [0.25, 0.3) is 0 Å². The zero-order chi connectivity index (χ0) is 13.7. The van der Waals surface area contributed by atoms with Crippen LogP contribution in [0.15, 0.2) is 24.3 Å². The van der Waals surface area contributed by atoms with E-state index in [-0.39, 0.29) is 12.3 Å². The van der Waals surface area contributed by atoms with Gasteiger partial charge >= 0.3 is 5.97 Å². The second-order valence-corrected chi connectivity index (χ2v) is 4.17. The zero-order valence-electron chi connectivity index (χ0n) is 10.7. The molecule has 0 aliphatic rings. The Bertz CT molecular complexity index is 442. The molecule has 5 nitrogen and oxygen atoms in total. The molecule has 1 unspecified atom stereocenters. The van der Waals surface area contributed by atoms with Crippen molar-refractivity contribution < 1.29 is 19.4 Å². The molecular weight excluding hydrogens is 234 g/mol. The van der Waals surface area contributed by atoms with Gasteiger partial charge < -0.3 is 14.7 Å². The smallest absolute Gasteiger partial charge is 0.307 e. The number of aliphatic carboxylic acids is 1. The highest BCUT2D eigenvalue weighted by atomic mass is 16.5. The van der Waals surface area contributed by atoms with Crippen LogP contribution in [0.4, 0.5) is 0 Å². The molecule has 18 heavy (non-hydrogen) atoms. The van der Waals surface area contributed by atoms with E-state index >= 15 is 0 Å². The minimum Gasteiger partial charge on any atom is -0.481 e. The Balaban J connectivity index is 2.84. The second kappa shape index (κ2) is 6.05. The normalized spacial score (nSPS) is 11.7. The van der Waals surface area contributed by atoms with Crippen LogP contribution < -0.4 is 4.74 Å². The maximum Gasteiger partial charge on any atom is 0.307 e. The molecule has 98 valence electrons. The lowest BCUT2D eigenvalue weighted by molar-refractivity contribution is -0.136. The van der Waals surface area contributed by atoms with E-state index in [1.54, 1.807) is 45.3 Å². The van der Waals surface area contributed by atoms with Gasteiger partial charge in [-0.2, -0.15) is 0 Å². The molecule has 5 heteroatoms. The van der Waals surface area contributed by atoms with E-state index in [1.165, 1.54) is 4.90 Å². The lowest BCUT2D eigenvalue weighted by Crippen LogP contribution is -2.35. The van der Waals surface area contributed by atoms with Gasteiger partial charge in [-0.3, -0.25) is 9.59 Å². The molecule has 1 amide bonds. The number of hydrogen-bond acceptors (Lipinski definition) is 3. The van der Waals surface area contributed by atoms with Crippen LogP contribution in [-0.4, -0.2) is 42.1 Å². The number of carboxylic acid groups (broad SMARTS) is 1. The molecule has 1 aromatic carbocycles. The van der Waals surface area contributed by atoms with Gasteiger partial charge in [-0.25, -0.2) is 0 Å². The summed E-state index contributed by atoms with van der Waals surface area (Å²) >= 11 is 0. The van der Waals surface area contributed by atoms with E-state index in [0.29, 0.717) is 11.3 Å². The fraction of sp³-hybridized carbons (Fsp3) is 0.385. The molecule has 0 saturated heterocycles. The molecule has 0 heterocycles. The van der Waals surface area contributed by atoms with Crippen LogP contribution in [0.1, 0.15) is 12.5 Å². The van der Waals surface area contributed by atoms with Gasteiger partial charge in [-0.05, 0) is 13.0 Å². The van der Waals surface area contributed by atoms with Crippen molar-refractivity contribution in [2.45, 2.75) is 19.4 Å². The largest absolute Gasteiger partial charge is 0.481 e. The minimum atomic E-state index is -0.933. The number of hydrogen-bond donors (Lipinski definition) is 1. The van der Waals surface area contributed by atoms with E-state index in [2.05, 4.69) is 0 Å². The summed E-state index contributed by atoms with van der Waals surface area (Å²) in [6.45, 7) is 1.64. The van der Waals surface area contributed by atoms with E-state index in [9.17, 15) is 9.59 Å². The van der Waals surface area contributed by atoms with Crippen molar-refractivity contribution in [3.8, 4) is 5.75 Å². The van der Waals surface area contributed by atoms with Gasteiger partial charge in [0.05, 0.1) is 6.42 Å². The summed E-state index contributed by atoms with van der Waals surface area (Å²) in [6.07, 6.45) is -0.770. The molecule has 0 aliphatic carbocycles. The molecule has 0 radical (unpaired) electrons. The van der Waals surface area contributed by atoms with Crippen LogP contribution in [0.2, 0.25) is 0 Å². The van der Waals surface area contributed by atoms with Gasteiger partial charge in [0.1, 0.15) is 5.75 Å². The summed E-state index contributed by atoms with van der Waals surface area (Å²) in [5, 5.41) is 8.79. The Morgan fingerprint density at radius 2 is 1.94 bits per heavy atom. The first-order valence-corrected chi connectivity index (χ1v) is 5.59. The molecular formula is C13H17NO4. The number of carbonyl (C=O) groups excluding carboxylic acids is 1. The number of amides is 1. The van der Waals surface area contributed by atoms with Crippen molar-refractivity contribution in [3.05, 3.63) is 29.8 Å². The maximum atomic E-state index is 11.7. The van der Waals surface area contributed by atoms with Crippen LogP contribution in [0, 0.1) is 0 Å². The van der Waals surface area contributed by atoms with Crippen molar-refractivity contribution >= 4 is 11.9 Å². The van der Waals surface area contributed by atoms with Gasteiger partial charge in [0, 0.05) is 19.7 Å². The van der Waals surface area contributed by atoms with Gasteiger partial charge in [0.25, 0.3) is 5.91 Å². The van der Waals surface area contributed by atoms with Gasteiger partial charge in [0.2, 0.25) is 0 Å². The maximum absolute atomic E-state index is 11.7. The van der Waals surface area contributed by atoms with E-state index in [4.69, 9.17) is 9.84 Å². The van der Waals surface area contributed by atoms with E-state index in [1.807, 2.05) is 0 Å². The predicted octanol–water partition coefficient (Wildman–Crippen LogP) is 1.17. The van der Waals surface area contributed by atoms with Crippen LogP contribution in [0.3, 0.4) is 0 Å². The summed E-state index contributed by atoms with van der Waals surface area (Å²) < 4.78 is 5.51. The average molecular weight is 251 g/mol. The Hall–Kier alpha value is -2.04. The standard InChI is InChI=1S/C13H17NO4/c1-9(13(17)14(2)3)18-11-7-5-4-6-10(11)8-12(15)16/h4-7,9H,8H2,1-3H3,(H,15,16). The molecule has 1 atom stereocenters. The molecule has 0 bridgehead atoms. The number of nitrogens with zero attached hydrogens (tertiary/aromatic N) is 1. The van der Waals surface area contributed by atoms with Gasteiger partial charge in [-0.1, -0.05) is 18.2 Å². The van der Waals surface area contributed by atoms with Crippen LogP contribution in [-0.2, 0) is 16.0 Å². The van der Waals surface area contributed by atoms with Crippen molar-refractivity contribution in [3.63, 3.8) is 0 Å². The first-order valence-electron chi connectivity index (χ1n) is 5.59. The summed E-state index contributed by atoms with van der Waals surface area (Å²) in [7, 11) is 3.29. The third-order valence-electron chi connectivity index (χ3n) is 2.41. The SMILES string of the molecule is CC(Oc1ccccc1CC(=O)O)C(=O)N(C)C. The van der Waals surface area contributed by atoms with E-state index in [0.717, 1.165) is 0 Å². The third kappa shape index (κ3) is 3.76. The first kappa shape index (κ1) is 14.0. The highest BCUT2D eigenvalue weighted by molar-refractivity contribution is 5.80. The number of rotatable bonds is 5. The van der Waals surface area contributed by atoms with Gasteiger partial charge in [0.15, 0.2) is 6.10 Å². The fourth-order valence-electron chi connectivity index (χ4n) is 1.53. The minimum absolute atomic E-state index is 0.126. The van der Waals surface area contributed by atoms with Crippen LogP contribution >= 0.6 is 0 Å². The molecule has 0 aromatic heterocycles. The number of carboxylic acids is 1. The fourth-order valence-corrected chi connectivity index (χ4v) is 1.53. The molecule has 1 N–H and O–H groups in total. The van der Waals surface area contributed by atoms with Gasteiger partial charge in [-0.15, -0.1) is 0 Å². The summed E-state index contributed by atoms with van der Waals surface area (Å²) in [5.74, 6) is -0.666. The zero-order valence-corrected chi connectivity index (χ0v) is 10.7. The predicted molar refractivity (Wildman–Crippen MR) is 66.6 cm³/mol. The quantitative estimate of drug-likeness (QED) is 0.853. The van der Waals surface area contributed by atoms with E-state index < -0.39 is 12.1 Å². The second-order valence-electron chi connectivity index (χ2n) is 4.17. The van der Waals surface area contributed by atoms with Crippen LogP contribution in [0.5, 0.6) is 5.75 Å². The summed E-state index contributed by atoms with van der Waals surface area (Å²) in [4.78, 5) is 23.8. The average Bonchev–Trinajstić information content (AvgIpc) is 2.29. The summed E-state index contributed by atoms with van der Waals surface area (Å²) in [5.41, 5.74) is 0.559. The topological polar surface area (TPSA) is 66.8 Å². The number of ether oxygens (including phenoxy) is 1. The van der Waals surface area contributed by atoms with Crippen molar-refractivity contribution in [1.29, 1.82) is 0 Å². The molecule has 0 fully saturated rings. The third-order valence-corrected chi connectivity index (χ3v) is 2.41. The molecule has 0 spiro atoms. The Labute approximate surface area is 106 Å². The van der Waals surface area contributed by atoms with Crippen molar-refractivity contribution in [2.24, 2.45) is 0 Å². The highest BCUT2D eigenvalue weighted by Gasteiger charge is 2.18. The van der Waals surface area contributed by atoms with Crippen molar-refractivity contribution in [1.82, 2.24) is 4.90 Å². The number of carbonyl (C=O) groups is 2. The molecule has 0 aliphatic heterocycles. The number of benzene rings is 1. The number of para-hydroxylation sites is 1. The molecule has 1 aromatic rings. The first-order chi connectivity index (χ1) is 8.41. The number of likely N-dealkylation sites (N-methyl/N-ethyl adjacent to an activating group) is 1. The lowest BCUT2D eigenvalue weighted by atomic mass is 10.1. The Morgan fingerprint density at radius 3 is 2.50 bits per heavy atom. The summed E-state index contributed by atoms with van der Waals surface area (Å²) in [6, 6.07) is 6.82. The highest BCUT2D eigenvalue weighted by Crippen LogP contribution is 2.20. The molecule has 1 rings (SSSR count). The van der Waals surface area contributed by atoms with Crippen molar-refractivity contribution in [2.75, 3.05) is 14.1 Å². The Kier molecular flexibility index (Phi) is 4.71. The Morgan fingerprint density at radius 1 is 1.33 bits per heavy atom. The monoisotopic (exact) mass is 251 g/mol. The molecule has 0 saturated carbocycles.